The number of aromatic nitrogens is 1. The molecule has 0 spiro atoms. The Labute approximate surface area is 163 Å². The molecule has 0 radical (unpaired) electrons. The molecule has 0 saturated carbocycles. The number of aryl methyl sites for hydroxylation is 2. The summed E-state index contributed by atoms with van der Waals surface area (Å²) >= 11 is 0. The monoisotopic (exact) mass is 388 g/mol. The molecule has 2 aromatic rings. The van der Waals surface area contributed by atoms with Crippen molar-refractivity contribution in [1.29, 1.82) is 0 Å². The highest BCUT2D eigenvalue weighted by Crippen LogP contribution is 2.22. The second-order valence-corrected chi connectivity index (χ2v) is 6.72. The molecule has 1 aromatic carbocycles. The smallest absolute Gasteiger partial charge is 0.338 e. The molecule has 0 N–H and O–H groups in total. The van der Waals surface area contributed by atoms with Crippen molar-refractivity contribution >= 4 is 17.4 Å². The van der Waals surface area contributed by atoms with Crippen molar-refractivity contribution in [1.82, 2.24) is 4.57 Å². The predicted octanol–water partition coefficient (Wildman–Crippen LogP) is 3.57. The minimum atomic E-state index is -0.701. The number of esters is 1. The van der Waals surface area contributed by atoms with Crippen LogP contribution >= 0.6 is 0 Å². The zero-order valence-corrected chi connectivity index (χ0v) is 16.6. The molecule has 0 fully saturated rings. The molecule has 8 nitrogen and oxygen atoms in total. The summed E-state index contributed by atoms with van der Waals surface area (Å²) in [5.41, 5.74) is 2.63. The number of methoxy groups -OCH3 is 1. The van der Waals surface area contributed by atoms with E-state index in [0.29, 0.717) is 17.7 Å². The molecule has 0 aliphatic heterocycles. The second-order valence-electron chi connectivity index (χ2n) is 6.72. The van der Waals surface area contributed by atoms with Gasteiger partial charge in [-0.25, -0.2) is 4.79 Å². The van der Waals surface area contributed by atoms with E-state index in [1.165, 1.54) is 25.1 Å². The van der Waals surface area contributed by atoms with E-state index >= 15 is 0 Å². The molecule has 0 saturated heterocycles. The fourth-order valence-corrected chi connectivity index (χ4v) is 3.33. The normalized spacial score (nSPS) is 11.9. The van der Waals surface area contributed by atoms with Crippen LogP contribution in [0.1, 0.15) is 50.6 Å². The van der Waals surface area contributed by atoms with Gasteiger partial charge in [0.05, 0.1) is 23.1 Å². The third-order valence-electron chi connectivity index (χ3n) is 4.60. The maximum Gasteiger partial charge on any atom is 0.338 e. The predicted molar refractivity (Wildman–Crippen MR) is 103 cm³/mol. The lowest BCUT2D eigenvalue weighted by atomic mass is 10.1. The Morgan fingerprint density at radius 2 is 1.89 bits per heavy atom. The largest absolute Gasteiger partial charge is 0.454 e. The summed E-state index contributed by atoms with van der Waals surface area (Å²) < 4.78 is 12.3. The van der Waals surface area contributed by atoms with E-state index in [-0.39, 0.29) is 23.1 Å². The number of benzene rings is 1. The van der Waals surface area contributed by atoms with Crippen LogP contribution in [0.15, 0.2) is 24.3 Å². The number of hydrogen-bond donors (Lipinski definition) is 0. The van der Waals surface area contributed by atoms with Crippen molar-refractivity contribution in [3.8, 4) is 0 Å². The van der Waals surface area contributed by atoms with E-state index in [1.807, 2.05) is 25.3 Å². The summed E-state index contributed by atoms with van der Waals surface area (Å²) in [6.07, 6.45) is 0. The molecule has 2 rings (SSSR count). The first-order valence-electron chi connectivity index (χ1n) is 8.80. The quantitative estimate of drug-likeness (QED) is 0.297. The summed E-state index contributed by atoms with van der Waals surface area (Å²) in [7, 11) is 1.62. The summed E-state index contributed by atoms with van der Waals surface area (Å²) in [6, 6.07) is 5.78. The molecule has 1 heterocycles. The zero-order chi connectivity index (χ0) is 21.0. The molecule has 0 bridgehead atoms. The van der Waals surface area contributed by atoms with Gasteiger partial charge in [-0.05, 0) is 45.9 Å². The maximum atomic E-state index is 12.5. The molecule has 0 aliphatic rings. The number of carbonyl (C=O) groups is 2. The van der Waals surface area contributed by atoms with Gasteiger partial charge in [0.1, 0.15) is 0 Å². The van der Waals surface area contributed by atoms with Crippen molar-refractivity contribution in [2.45, 2.75) is 33.7 Å². The lowest BCUT2D eigenvalue weighted by molar-refractivity contribution is -0.385. The fourth-order valence-electron chi connectivity index (χ4n) is 3.33. The number of rotatable bonds is 8. The van der Waals surface area contributed by atoms with Crippen LogP contribution in [0.4, 0.5) is 5.69 Å². The topological polar surface area (TPSA) is 101 Å². The molecule has 1 aromatic heterocycles. The van der Waals surface area contributed by atoms with Gasteiger partial charge in [-0.3, -0.25) is 14.9 Å². The highest BCUT2D eigenvalue weighted by Gasteiger charge is 2.21. The first-order chi connectivity index (χ1) is 13.2. The number of ether oxygens (including phenoxy) is 2. The van der Waals surface area contributed by atoms with Gasteiger partial charge in [-0.15, -0.1) is 0 Å². The van der Waals surface area contributed by atoms with Crippen LogP contribution < -0.4 is 0 Å². The van der Waals surface area contributed by atoms with Crippen LogP contribution in [-0.2, 0) is 9.47 Å². The molecule has 0 amide bonds. The lowest BCUT2D eigenvalue weighted by Crippen LogP contribution is -2.17. The average Bonchev–Trinajstić information content (AvgIpc) is 2.93. The van der Waals surface area contributed by atoms with E-state index in [0.717, 1.165) is 11.4 Å². The van der Waals surface area contributed by atoms with Crippen molar-refractivity contribution in [2.24, 2.45) is 0 Å². The van der Waals surface area contributed by atoms with Crippen molar-refractivity contribution in [2.75, 3.05) is 20.3 Å². The van der Waals surface area contributed by atoms with Crippen LogP contribution in [0.5, 0.6) is 0 Å². The summed E-state index contributed by atoms with van der Waals surface area (Å²) in [5, 5.41) is 10.9. The Kier molecular flexibility index (Phi) is 6.69. The Bertz CT molecular complexity index is 916. The molecule has 150 valence electrons. The average molecular weight is 388 g/mol. The Morgan fingerprint density at radius 1 is 1.21 bits per heavy atom. The number of Topliss-reactive ketones (excluding diaryl/α,β-unsaturated/α-hetero) is 1. The van der Waals surface area contributed by atoms with E-state index in [2.05, 4.69) is 0 Å². The second kappa shape index (κ2) is 8.79. The van der Waals surface area contributed by atoms with E-state index < -0.39 is 17.5 Å². The number of nitrogens with zero attached hydrogens (tertiary/aromatic N) is 2. The van der Waals surface area contributed by atoms with E-state index in [4.69, 9.17) is 9.47 Å². The lowest BCUT2D eigenvalue weighted by Gasteiger charge is -2.17. The first kappa shape index (κ1) is 21.3. The Morgan fingerprint density at radius 3 is 2.46 bits per heavy atom. The van der Waals surface area contributed by atoms with Gasteiger partial charge in [-0.2, -0.15) is 0 Å². The van der Waals surface area contributed by atoms with Gasteiger partial charge < -0.3 is 14.0 Å². The summed E-state index contributed by atoms with van der Waals surface area (Å²) in [6.45, 7) is 7.39. The molecular formula is C20H24N2O6. The SMILES string of the molecule is COC[C@H](C)n1c(C)cc(C(=O)COC(=O)c2ccc([N+](=O)[O-])c(C)c2)c1C. The third-order valence-corrected chi connectivity index (χ3v) is 4.60. The van der Waals surface area contributed by atoms with Gasteiger partial charge >= 0.3 is 5.97 Å². The van der Waals surface area contributed by atoms with Crippen molar-refractivity contribution in [3.05, 3.63) is 62.5 Å². The highest BCUT2D eigenvalue weighted by molar-refractivity contribution is 6.00. The number of nitro benzene ring substituents is 1. The Hall–Kier alpha value is -3.00. The summed E-state index contributed by atoms with van der Waals surface area (Å²) in [4.78, 5) is 35.1. The van der Waals surface area contributed by atoms with Gasteiger partial charge in [-0.1, -0.05) is 0 Å². The molecule has 8 heteroatoms. The van der Waals surface area contributed by atoms with Crippen LogP contribution in [0.25, 0.3) is 0 Å². The van der Waals surface area contributed by atoms with E-state index in [1.54, 1.807) is 13.2 Å². The minimum Gasteiger partial charge on any atom is -0.454 e. The molecule has 0 unspecified atom stereocenters. The van der Waals surface area contributed by atoms with Crippen LogP contribution in [0.2, 0.25) is 0 Å². The molecule has 0 aliphatic carbocycles. The van der Waals surface area contributed by atoms with Gasteiger partial charge in [0.25, 0.3) is 5.69 Å². The number of carbonyl (C=O) groups excluding carboxylic acids is 2. The maximum absolute atomic E-state index is 12.5. The third kappa shape index (κ3) is 4.45. The van der Waals surface area contributed by atoms with E-state index in [9.17, 15) is 19.7 Å². The highest BCUT2D eigenvalue weighted by atomic mass is 16.6. The van der Waals surface area contributed by atoms with Crippen molar-refractivity contribution in [3.63, 3.8) is 0 Å². The molecule has 1 atom stereocenters. The van der Waals surface area contributed by atoms with Crippen LogP contribution in [0.3, 0.4) is 0 Å². The Balaban J connectivity index is 2.10. The summed E-state index contributed by atoms with van der Waals surface area (Å²) in [5.74, 6) is -1.01. The standard InChI is InChI=1S/C20H24N2O6/c1-12-8-16(6-7-18(12)22(25)26)20(24)28-11-19(23)17-9-13(2)21(15(17)4)14(3)10-27-5/h6-9,14H,10-11H2,1-5H3/t14-/m0/s1. The number of nitro groups is 1. The fraction of sp³-hybridized carbons (Fsp3) is 0.400. The number of hydrogen-bond acceptors (Lipinski definition) is 6. The van der Waals surface area contributed by atoms with Crippen LogP contribution in [0, 0.1) is 30.9 Å². The zero-order valence-electron chi connectivity index (χ0n) is 16.6. The van der Waals surface area contributed by atoms with Crippen LogP contribution in [-0.4, -0.2) is 41.6 Å². The van der Waals surface area contributed by atoms with Gasteiger partial charge in [0.2, 0.25) is 5.78 Å². The molecular weight excluding hydrogens is 364 g/mol. The van der Waals surface area contributed by atoms with Crippen molar-refractivity contribution < 1.29 is 24.0 Å². The van der Waals surface area contributed by atoms with Gasteiger partial charge in [0, 0.05) is 35.7 Å². The minimum absolute atomic E-state index is 0.0668. The number of ketones is 1. The molecule has 28 heavy (non-hydrogen) atoms. The van der Waals surface area contributed by atoms with Gasteiger partial charge in [0.15, 0.2) is 6.61 Å². The first-order valence-corrected chi connectivity index (χ1v) is 8.80.